The molecule has 1 aliphatic heterocycles. The molecule has 0 unspecified atom stereocenters. The third-order valence-electron chi connectivity index (χ3n) is 4.24. The average molecular weight is 312 g/mol. The van der Waals surface area contributed by atoms with E-state index in [0.717, 1.165) is 42.9 Å². The van der Waals surface area contributed by atoms with Gasteiger partial charge in [0.15, 0.2) is 0 Å². The second-order valence-corrected chi connectivity index (χ2v) is 6.46. The zero-order chi connectivity index (χ0) is 16.1. The Morgan fingerprint density at radius 3 is 2.96 bits per heavy atom. The van der Waals surface area contributed by atoms with Crippen LogP contribution in [-0.2, 0) is 6.54 Å². The number of benzene rings is 1. The van der Waals surface area contributed by atoms with Gasteiger partial charge in [0, 0.05) is 19.3 Å². The van der Waals surface area contributed by atoms with Gasteiger partial charge in [-0.15, -0.1) is 0 Å². The number of ether oxygens (including phenoxy) is 1. The summed E-state index contributed by atoms with van der Waals surface area (Å²) >= 11 is 0. The molecule has 2 heterocycles. The minimum atomic E-state index is -0.795. The maximum atomic E-state index is 10.9. The maximum Gasteiger partial charge on any atom is 0.119 e. The highest BCUT2D eigenvalue weighted by Gasteiger charge is 2.34. The molecule has 1 N–H and O–H groups in total. The van der Waals surface area contributed by atoms with Crippen LogP contribution in [0.3, 0.4) is 0 Å². The largest absolute Gasteiger partial charge is 0.491 e. The molecule has 1 aromatic heterocycles. The molecule has 1 fully saturated rings. The number of hydrogen-bond donors (Lipinski definition) is 1. The molecule has 0 saturated carbocycles. The molecule has 3 rings (SSSR count). The monoisotopic (exact) mass is 312 g/mol. The van der Waals surface area contributed by atoms with Gasteiger partial charge in [-0.1, -0.05) is 18.2 Å². The molecular formula is C19H24N2O2. The highest BCUT2D eigenvalue weighted by molar-refractivity contribution is 5.27. The van der Waals surface area contributed by atoms with Crippen molar-refractivity contribution in [3.63, 3.8) is 0 Å². The normalized spacial score (nSPS) is 22.0. The molecule has 122 valence electrons. The van der Waals surface area contributed by atoms with Crippen LogP contribution in [0.5, 0.6) is 5.75 Å². The number of nitrogens with zero attached hydrogens (tertiary/aromatic N) is 2. The number of rotatable bonds is 5. The Morgan fingerprint density at radius 2 is 2.17 bits per heavy atom. The van der Waals surface area contributed by atoms with Crippen LogP contribution in [0.25, 0.3) is 0 Å². The molecule has 1 aromatic carbocycles. The second kappa shape index (κ2) is 7.11. The standard InChI is InChI=1S/C19H24N2O2/c1-16-6-4-8-18(12-16)23-15-19(22)9-5-11-21(14-19)13-17-7-2-3-10-20-17/h2-4,6-8,10,12,22H,5,9,11,13-15H2,1H3/t19-/m0/s1. The van der Waals surface area contributed by atoms with Crippen molar-refractivity contribution in [1.29, 1.82) is 0 Å². The molecule has 0 amide bonds. The van der Waals surface area contributed by atoms with Gasteiger partial charge in [-0.2, -0.15) is 0 Å². The van der Waals surface area contributed by atoms with Gasteiger partial charge in [-0.25, -0.2) is 0 Å². The molecule has 4 nitrogen and oxygen atoms in total. The summed E-state index contributed by atoms with van der Waals surface area (Å²) in [6.45, 7) is 4.75. The predicted octanol–water partition coefficient (Wildman–Crippen LogP) is 2.80. The van der Waals surface area contributed by atoms with E-state index in [1.54, 1.807) is 0 Å². The van der Waals surface area contributed by atoms with E-state index in [-0.39, 0.29) is 0 Å². The third-order valence-corrected chi connectivity index (χ3v) is 4.24. The number of likely N-dealkylation sites (tertiary alicyclic amines) is 1. The zero-order valence-corrected chi connectivity index (χ0v) is 13.6. The van der Waals surface area contributed by atoms with E-state index < -0.39 is 5.60 Å². The minimum Gasteiger partial charge on any atom is -0.491 e. The van der Waals surface area contributed by atoms with Crippen molar-refractivity contribution in [2.24, 2.45) is 0 Å². The summed E-state index contributed by atoms with van der Waals surface area (Å²) in [5.41, 5.74) is 1.41. The van der Waals surface area contributed by atoms with Crippen molar-refractivity contribution in [2.45, 2.75) is 31.9 Å². The van der Waals surface area contributed by atoms with Crippen LogP contribution in [0.15, 0.2) is 48.7 Å². The Hall–Kier alpha value is -1.91. The fourth-order valence-corrected chi connectivity index (χ4v) is 3.10. The van der Waals surface area contributed by atoms with Crippen molar-refractivity contribution in [1.82, 2.24) is 9.88 Å². The van der Waals surface area contributed by atoms with Crippen LogP contribution in [0, 0.1) is 6.92 Å². The average Bonchev–Trinajstić information content (AvgIpc) is 2.54. The van der Waals surface area contributed by atoms with E-state index in [1.165, 1.54) is 0 Å². The lowest BCUT2D eigenvalue weighted by atomic mass is 9.93. The van der Waals surface area contributed by atoms with Crippen LogP contribution < -0.4 is 4.74 Å². The third kappa shape index (κ3) is 4.53. The SMILES string of the molecule is Cc1cccc(OC[C@]2(O)CCCN(Cc3ccccn3)C2)c1. The second-order valence-electron chi connectivity index (χ2n) is 6.46. The molecule has 2 aromatic rings. The maximum absolute atomic E-state index is 10.9. The van der Waals surface area contributed by atoms with Crippen LogP contribution in [0.2, 0.25) is 0 Å². The molecule has 23 heavy (non-hydrogen) atoms. The van der Waals surface area contributed by atoms with Gasteiger partial charge in [0.1, 0.15) is 18.0 Å². The Morgan fingerprint density at radius 1 is 1.26 bits per heavy atom. The zero-order valence-electron chi connectivity index (χ0n) is 13.6. The van der Waals surface area contributed by atoms with Crippen molar-refractivity contribution in [3.8, 4) is 5.75 Å². The Kier molecular flexibility index (Phi) is 4.94. The number of aryl methyl sites for hydroxylation is 1. The van der Waals surface area contributed by atoms with E-state index in [1.807, 2.05) is 55.6 Å². The smallest absolute Gasteiger partial charge is 0.119 e. The lowest BCUT2D eigenvalue weighted by Crippen LogP contribution is -2.51. The molecule has 0 spiro atoms. The highest BCUT2D eigenvalue weighted by Crippen LogP contribution is 2.24. The summed E-state index contributed by atoms with van der Waals surface area (Å²) < 4.78 is 5.84. The lowest BCUT2D eigenvalue weighted by Gasteiger charge is -2.38. The molecule has 4 heteroatoms. The molecule has 1 aliphatic rings. The summed E-state index contributed by atoms with van der Waals surface area (Å²) in [6, 6.07) is 13.9. The molecule has 1 saturated heterocycles. The summed E-state index contributed by atoms with van der Waals surface area (Å²) in [4.78, 5) is 6.62. The van der Waals surface area contributed by atoms with Gasteiger partial charge in [-0.3, -0.25) is 9.88 Å². The highest BCUT2D eigenvalue weighted by atomic mass is 16.5. The van der Waals surface area contributed by atoms with E-state index >= 15 is 0 Å². The fourth-order valence-electron chi connectivity index (χ4n) is 3.10. The van der Waals surface area contributed by atoms with Gasteiger partial charge in [0.25, 0.3) is 0 Å². The Labute approximate surface area is 137 Å². The summed E-state index contributed by atoms with van der Waals surface area (Å²) in [7, 11) is 0. The molecule has 0 bridgehead atoms. The van der Waals surface area contributed by atoms with Gasteiger partial charge in [0.2, 0.25) is 0 Å². The summed E-state index contributed by atoms with van der Waals surface area (Å²) in [5.74, 6) is 0.820. The summed E-state index contributed by atoms with van der Waals surface area (Å²) in [6.07, 6.45) is 3.56. The van der Waals surface area contributed by atoms with Crippen LogP contribution in [0.1, 0.15) is 24.1 Å². The van der Waals surface area contributed by atoms with Gasteiger partial charge in [0.05, 0.1) is 5.69 Å². The molecular weight excluding hydrogens is 288 g/mol. The van der Waals surface area contributed by atoms with Gasteiger partial charge >= 0.3 is 0 Å². The topological polar surface area (TPSA) is 45.6 Å². The predicted molar refractivity (Wildman–Crippen MR) is 90.4 cm³/mol. The van der Waals surface area contributed by atoms with Crippen LogP contribution in [-0.4, -0.2) is 40.3 Å². The van der Waals surface area contributed by atoms with Crippen LogP contribution in [0.4, 0.5) is 0 Å². The number of hydrogen-bond acceptors (Lipinski definition) is 4. The van der Waals surface area contributed by atoms with Gasteiger partial charge in [-0.05, 0) is 56.1 Å². The molecule has 1 atom stereocenters. The van der Waals surface area contributed by atoms with E-state index in [4.69, 9.17) is 4.74 Å². The van der Waals surface area contributed by atoms with Crippen molar-refractivity contribution in [3.05, 3.63) is 59.9 Å². The van der Waals surface area contributed by atoms with Crippen molar-refractivity contribution >= 4 is 0 Å². The van der Waals surface area contributed by atoms with Crippen LogP contribution >= 0.6 is 0 Å². The molecule has 0 radical (unpaired) electrons. The quantitative estimate of drug-likeness (QED) is 0.922. The first-order chi connectivity index (χ1) is 11.1. The number of aromatic nitrogens is 1. The van der Waals surface area contributed by atoms with Crippen molar-refractivity contribution in [2.75, 3.05) is 19.7 Å². The summed E-state index contributed by atoms with van der Waals surface area (Å²) in [5, 5.41) is 10.9. The van der Waals surface area contributed by atoms with Crippen molar-refractivity contribution < 1.29 is 9.84 Å². The first-order valence-electron chi connectivity index (χ1n) is 8.17. The first kappa shape index (κ1) is 16.0. The Bertz CT molecular complexity index is 632. The lowest BCUT2D eigenvalue weighted by molar-refractivity contribution is -0.0623. The molecule has 0 aliphatic carbocycles. The van der Waals surface area contributed by atoms with E-state index in [0.29, 0.717) is 13.2 Å². The van der Waals surface area contributed by atoms with Gasteiger partial charge < -0.3 is 9.84 Å². The minimum absolute atomic E-state index is 0.329. The number of piperidine rings is 1. The van der Waals surface area contributed by atoms with E-state index in [9.17, 15) is 5.11 Å². The first-order valence-corrected chi connectivity index (χ1v) is 8.17. The number of aliphatic hydroxyl groups is 1. The Balaban J connectivity index is 1.58. The fraction of sp³-hybridized carbons (Fsp3) is 0.421. The number of β-amino-alcohol motifs (C(OH)–C–C–N with tert-alkyl or cyclic N) is 1. The van der Waals surface area contributed by atoms with E-state index in [2.05, 4.69) is 9.88 Å². The number of pyridine rings is 1.